The van der Waals surface area contributed by atoms with Crippen LogP contribution in [0.3, 0.4) is 0 Å². The van der Waals surface area contributed by atoms with Gasteiger partial charge in [0.1, 0.15) is 16.4 Å². The second-order valence-electron chi connectivity index (χ2n) is 9.82. The van der Waals surface area contributed by atoms with Crippen molar-refractivity contribution in [3.63, 3.8) is 0 Å². The monoisotopic (exact) mass is 554 g/mol. The fourth-order valence-electron chi connectivity index (χ4n) is 4.60. The summed E-state index contributed by atoms with van der Waals surface area (Å²) in [6.45, 7) is 1.54. The van der Waals surface area contributed by atoms with Crippen LogP contribution >= 0.6 is 0 Å². The third-order valence-electron chi connectivity index (χ3n) is 6.92. The molecule has 206 valence electrons. The molecule has 2 aliphatic carbocycles. The average molecular weight is 555 g/mol. The molecule has 2 saturated carbocycles. The molecule has 11 nitrogen and oxygen atoms in total. The summed E-state index contributed by atoms with van der Waals surface area (Å²) in [6.07, 6.45) is 5.08. The van der Waals surface area contributed by atoms with E-state index in [1.165, 1.54) is 23.9 Å². The Morgan fingerprint density at radius 2 is 1.74 bits per heavy atom. The van der Waals surface area contributed by atoms with Crippen LogP contribution in [0.5, 0.6) is 17.4 Å². The third-order valence-corrected chi connectivity index (χ3v) is 8.46. The molecule has 12 heteroatoms. The predicted molar refractivity (Wildman–Crippen MR) is 142 cm³/mol. The number of anilines is 1. The highest BCUT2D eigenvalue weighted by Crippen LogP contribution is 2.37. The molecule has 0 spiro atoms. The van der Waals surface area contributed by atoms with E-state index in [1.54, 1.807) is 37.3 Å². The van der Waals surface area contributed by atoms with Crippen LogP contribution in [0.4, 0.5) is 5.69 Å². The first kappa shape index (κ1) is 26.7. The SMILES string of the molecule is COc1ccc(-n2nc(C(=O)O)c(C)c2Oc2ccc(NC(=O)C3CCCC3)cc2S(=O)(=O)NC2CC2)cc1. The first-order valence-electron chi connectivity index (χ1n) is 12.8. The Morgan fingerprint density at radius 3 is 2.36 bits per heavy atom. The number of benzene rings is 2. The number of carboxylic acids is 1. The summed E-state index contributed by atoms with van der Waals surface area (Å²) in [7, 11) is -2.49. The first-order valence-corrected chi connectivity index (χ1v) is 14.3. The van der Waals surface area contributed by atoms with Crippen LogP contribution in [0.25, 0.3) is 5.69 Å². The molecule has 3 aromatic rings. The van der Waals surface area contributed by atoms with E-state index in [1.807, 2.05) is 0 Å². The maximum atomic E-state index is 13.4. The van der Waals surface area contributed by atoms with Crippen molar-refractivity contribution < 1.29 is 32.6 Å². The molecule has 2 fully saturated rings. The lowest BCUT2D eigenvalue weighted by atomic mass is 10.1. The van der Waals surface area contributed by atoms with Gasteiger partial charge in [-0.3, -0.25) is 4.79 Å². The van der Waals surface area contributed by atoms with E-state index in [4.69, 9.17) is 9.47 Å². The molecule has 0 atom stereocenters. The quantitative estimate of drug-likeness (QED) is 0.337. The number of sulfonamides is 1. The summed E-state index contributed by atoms with van der Waals surface area (Å²) in [6, 6.07) is 11.0. The fourth-order valence-corrected chi connectivity index (χ4v) is 6.06. The number of aromatic carboxylic acids is 1. The van der Waals surface area contributed by atoms with Gasteiger partial charge in [0.15, 0.2) is 5.69 Å². The number of carbonyl (C=O) groups excluding carboxylic acids is 1. The van der Waals surface area contributed by atoms with Crippen molar-refractivity contribution in [2.45, 2.75) is 56.4 Å². The predicted octanol–water partition coefficient (Wildman–Crippen LogP) is 4.25. The van der Waals surface area contributed by atoms with Gasteiger partial charge in [0.2, 0.25) is 21.8 Å². The fraction of sp³-hybridized carbons (Fsp3) is 0.370. The van der Waals surface area contributed by atoms with Crippen LogP contribution in [0.2, 0.25) is 0 Å². The van der Waals surface area contributed by atoms with Gasteiger partial charge in [-0.15, -0.1) is 0 Å². The summed E-state index contributed by atoms with van der Waals surface area (Å²) in [5.74, 6) is -0.878. The summed E-state index contributed by atoms with van der Waals surface area (Å²) < 4.78 is 42.0. The van der Waals surface area contributed by atoms with Crippen molar-refractivity contribution in [3.05, 3.63) is 53.7 Å². The highest BCUT2D eigenvalue weighted by Gasteiger charge is 2.32. The number of nitrogens with zero attached hydrogens (tertiary/aromatic N) is 2. The highest BCUT2D eigenvalue weighted by molar-refractivity contribution is 7.89. The van der Waals surface area contributed by atoms with Crippen LogP contribution in [0.15, 0.2) is 47.4 Å². The molecule has 0 aliphatic heterocycles. The van der Waals surface area contributed by atoms with Gasteiger partial charge in [-0.2, -0.15) is 9.78 Å². The Balaban J connectivity index is 1.55. The van der Waals surface area contributed by atoms with Crippen LogP contribution in [0, 0.1) is 12.8 Å². The number of aromatic nitrogens is 2. The van der Waals surface area contributed by atoms with Gasteiger partial charge >= 0.3 is 5.97 Å². The molecule has 1 amide bonds. The molecule has 1 aromatic heterocycles. The van der Waals surface area contributed by atoms with Gasteiger partial charge in [0.05, 0.1) is 12.8 Å². The highest BCUT2D eigenvalue weighted by atomic mass is 32.2. The second kappa shape index (κ2) is 10.7. The van der Waals surface area contributed by atoms with Crippen molar-refractivity contribution >= 4 is 27.6 Å². The first-order chi connectivity index (χ1) is 18.7. The zero-order chi connectivity index (χ0) is 27.7. The minimum atomic E-state index is -4.02. The molecule has 2 aromatic carbocycles. The maximum Gasteiger partial charge on any atom is 0.356 e. The smallest absolute Gasteiger partial charge is 0.356 e. The van der Waals surface area contributed by atoms with E-state index < -0.39 is 16.0 Å². The van der Waals surface area contributed by atoms with Gasteiger partial charge in [0, 0.05) is 23.2 Å². The Morgan fingerprint density at radius 1 is 1.05 bits per heavy atom. The Hall–Kier alpha value is -3.90. The number of methoxy groups -OCH3 is 1. The minimum absolute atomic E-state index is 0.0308. The van der Waals surface area contributed by atoms with Crippen molar-refractivity contribution in [3.8, 4) is 23.1 Å². The van der Waals surface area contributed by atoms with E-state index in [0.29, 0.717) is 17.1 Å². The van der Waals surface area contributed by atoms with Crippen LogP contribution in [-0.2, 0) is 14.8 Å². The minimum Gasteiger partial charge on any atom is -0.497 e. The molecule has 3 N–H and O–H groups in total. The van der Waals surface area contributed by atoms with E-state index >= 15 is 0 Å². The number of rotatable bonds is 10. The van der Waals surface area contributed by atoms with E-state index in [2.05, 4.69) is 15.1 Å². The number of ether oxygens (including phenoxy) is 2. The second-order valence-corrected chi connectivity index (χ2v) is 11.5. The maximum absolute atomic E-state index is 13.4. The molecule has 1 heterocycles. The van der Waals surface area contributed by atoms with E-state index in [9.17, 15) is 23.1 Å². The zero-order valence-corrected chi connectivity index (χ0v) is 22.5. The normalized spacial score (nSPS) is 15.7. The van der Waals surface area contributed by atoms with Crippen LogP contribution < -0.4 is 19.5 Å². The summed E-state index contributed by atoms with van der Waals surface area (Å²) in [5.41, 5.74) is 0.807. The largest absolute Gasteiger partial charge is 0.497 e. The van der Waals surface area contributed by atoms with E-state index in [-0.39, 0.29) is 45.6 Å². The lowest BCUT2D eigenvalue weighted by Crippen LogP contribution is -2.26. The van der Waals surface area contributed by atoms with Crippen molar-refractivity contribution in [2.75, 3.05) is 12.4 Å². The van der Waals surface area contributed by atoms with E-state index in [0.717, 1.165) is 38.5 Å². The van der Waals surface area contributed by atoms with Gasteiger partial charge in [-0.05, 0) is 75.1 Å². The van der Waals surface area contributed by atoms with Crippen LogP contribution in [0.1, 0.15) is 54.6 Å². The zero-order valence-electron chi connectivity index (χ0n) is 21.6. The number of carbonyl (C=O) groups is 2. The average Bonchev–Trinajstić information content (AvgIpc) is 3.41. The molecule has 0 unspecified atom stereocenters. The lowest BCUT2D eigenvalue weighted by Gasteiger charge is -2.16. The summed E-state index contributed by atoms with van der Waals surface area (Å²) in [4.78, 5) is 24.4. The van der Waals surface area contributed by atoms with Gasteiger partial charge < -0.3 is 19.9 Å². The molecule has 39 heavy (non-hydrogen) atoms. The van der Waals surface area contributed by atoms with Crippen molar-refractivity contribution in [1.29, 1.82) is 0 Å². The number of nitrogens with one attached hydrogen (secondary N) is 2. The molecular formula is C27H30N4O7S. The van der Waals surface area contributed by atoms with Gasteiger partial charge in [0.25, 0.3) is 0 Å². The number of hydrogen-bond donors (Lipinski definition) is 3. The molecule has 5 rings (SSSR count). The number of amides is 1. The summed E-state index contributed by atoms with van der Waals surface area (Å²) >= 11 is 0. The molecular weight excluding hydrogens is 524 g/mol. The Kier molecular flexibility index (Phi) is 7.32. The molecule has 0 radical (unpaired) electrons. The molecule has 0 saturated heterocycles. The Bertz CT molecular complexity index is 1510. The lowest BCUT2D eigenvalue weighted by molar-refractivity contribution is -0.119. The molecule has 2 aliphatic rings. The number of hydrogen-bond acceptors (Lipinski definition) is 7. The summed E-state index contributed by atoms with van der Waals surface area (Å²) in [5, 5.41) is 16.8. The van der Waals surface area contributed by atoms with Gasteiger partial charge in [-0.1, -0.05) is 12.8 Å². The van der Waals surface area contributed by atoms with Gasteiger partial charge in [-0.25, -0.2) is 17.9 Å². The third kappa shape index (κ3) is 5.76. The Labute approximate surface area is 226 Å². The standard InChI is InChI=1S/C27H30N4O7S/c1-16-24(27(33)34)29-31(20-10-12-21(37-2)13-11-20)26(16)38-22-14-9-19(28-25(32)17-5-3-4-6-17)15-23(22)39(35,36)30-18-7-8-18/h9-15,17-18,30H,3-8H2,1-2H3,(H,28,32)(H,33,34). The van der Waals surface area contributed by atoms with Crippen LogP contribution in [-0.4, -0.2) is 48.3 Å². The van der Waals surface area contributed by atoms with Crippen molar-refractivity contribution in [1.82, 2.24) is 14.5 Å². The topological polar surface area (TPSA) is 149 Å². The van der Waals surface area contributed by atoms with Crippen molar-refractivity contribution in [2.24, 2.45) is 5.92 Å². The molecule has 0 bridgehead atoms. The number of carboxylic acid groups (broad SMARTS) is 1.